The maximum absolute atomic E-state index is 12.0. The number of sulfonamides is 1. The van der Waals surface area contributed by atoms with Crippen LogP contribution in [-0.2, 0) is 14.8 Å². The molecule has 0 spiro atoms. The van der Waals surface area contributed by atoms with E-state index in [1.807, 2.05) is 0 Å². The quantitative estimate of drug-likeness (QED) is 0.799. The van der Waals surface area contributed by atoms with Crippen LogP contribution in [0, 0.1) is 11.8 Å². The third-order valence-electron chi connectivity index (χ3n) is 3.53. The molecule has 6 heteroatoms. The zero-order chi connectivity index (χ0) is 14.5. The van der Waals surface area contributed by atoms with E-state index in [0.29, 0.717) is 25.6 Å². The first kappa shape index (κ1) is 16.4. The Hall–Kier alpha value is -0.620. The summed E-state index contributed by atoms with van der Waals surface area (Å²) in [5, 5.41) is 2.91. The van der Waals surface area contributed by atoms with Gasteiger partial charge in [0.2, 0.25) is 15.9 Å². The maximum atomic E-state index is 12.0. The Bertz CT molecular complexity index is 393. The van der Waals surface area contributed by atoms with Crippen molar-refractivity contribution in [3.63, 3.8) is 0 Å². The first-order valence-corrected chi connectivity index (χ1v) is 8.73. The third kappa shape index (κ3) is 5.10. The van der Waals surface area contributed by atoms with Crippen LogP contribution in [0.1, 0.15) is 40.0 Å². The van der Waals surface area contributed by atoms with E-state index in [1.165, 1.54) is 4.31 Å². The molecule has 0 aromatic rings. The first-order chi connectivity index (χ1) is 8.86. The van der Waals surface area contributed by atoms with Gasteiger partial charge in [-0.15, -0.1) is 0 Å². The smallest absolute Gasteiger partial charge is 0.224 e. The van der Waals surface area contributed by atoms with E-state index in [9.17, 15) is 13.2 Å². The number of hydrogen-bond donors (Lipinski definition) is 1. The average Bonchev–Trinajstić information content (AvgIpc) is 2.38. The minimum atomic E-state index is -3.17. The monoisotopic (exact) mass is 290 g/mol. The fourth-order valence-electron chi connectivity index (χ4n) is 2.22. The largest absolute Gasteiger partial charge is 0.356 e. The summed E-state index contributed by atoms with van der Waals surface area (Å²) in [4.78, 5) is 12.0. The summed E-state index contributed by atoms with van der Waals surface area (Å²) in [6, 6.07) is 0. The van der Waals surface area contributed by atoms with Gasteiger partial charge in [0, 0.05) is 19.6 Å². The van der Waals surface area contributed by atoms with Crippen LogP contribution >= 0.6 is 0 Å². The second-order valence-corrected chi connectivity index (χ2v) is 7.83. The molecule has 5 nitrogen and oxygen atoms in total. The highest BCUT2D eigenvalue weighted by molar-refractivity contribution is 7.89. The summed E-state index contributed by atoms with van der Waals surface area (Å²) in [5.74, 6) is 0.469. The molecule has 1 heterocycles. The summed E-state index contributed by atoms with van der Waals surface area (Å²) < 4.78 is 25.1. The minimum Gasteiger partial charge on any atom is -0.356 e. The Balaban J connectivity index is 2.48. The molecule has 0 aromatic carbocycles. The Kier molecular flexibility index (Phi) is 6.26. The number of amides is 1. The number of carbonyl (C=O) groups excluding carboxylic acids is 1. The normalized spacial score (nSPS) is 21.6. The van der Waals surface area contributed by atoms with Gasteiger partial charge in [-0.3, -0.25) is 4.79 Å². The SMILES string of the molecule is CCS(=O)(=O)N1CCCC(C(=O)NCCC(C)C)C1. The molecule has 19 heavy (non-hydrogen) atoms. The highest BCUT2D eigenvalue weighted by Gasteiger charge is 2.31. The Morgan fingerprint density at radius 3 is 2.68 bits per heavy atom. The topological polar surface area (TPSA) is 66.5 Å². The van der Waals surface area contributed by atoms with Gasteiger partial charge in [0.15, 0.2) is 0 Å². The Morgan fingerprint density at radius 1 is 1.42 bits per heavy atom. The van der Waals surface area contributed by atoms with Crippen molar-refractivity contribution in [2.24, 2.45) is 11.8 Å². The molecule has 1 N–H and O–H groups in total. The Morgan fingerprint density at radius 2 is 2.11 bits per heavy atom. The lowest BCUT2D eigenvalue weighted by Gasteiger charge is -2.30. The van der Waals surface area contributed by atoms with E-state index in [1.54, 1.807) is 6.92 Å². The van der Waals surface area contributed by atoms with Gasteiger partial charge in [-0.2, -0.15) is 0 Å². The number of nitrogens with zero attached hydrogens (tertiary/aromatic N) is 1. The standard InChI is InChI=1S/C13H26N2O3S/c1-4-19(17,18)15-9-5-6-12(10-15)13(16)14-8-7-11(2)3/h11-12H,4-10H2,1-3H3,(H,14,16). The molecule has 1 amide bonds. The van der Waals surface area contributed by atoms with Crippen LogP contribution in [0.5, 0.6) is 0 Å². The number of nitrogens with one attached hydrogen (secondary N) is 1. The van der Waals surface area contributed by atoms with Gasteiger partial charge >= 0.3 is 0 Å². The Labute approximate surface area is 116 Å². The molecule has 0 aromatic heterocycles. The highest BCUT2D eigenvalue weighted by atomic mass is 32.2. The van der Waals surface area contributed by atoms with Crippen molar-refractivity contribution in [3.05, 3.63) is 0 Å². The number of rotatable bonds is 6. The zero-order valence-electron chi connectivity index (χ0n) is 12.2. The lowest BCUT2D eigenvalue weighted by molar-refractivity contribution is -0.126. The van der Waals surface area contributed by atoms with E-state index in [0.717, 1.165) is 19.3 Å². The molecular formula is C13H26N2O3S. The van der Waals surface area contributed by atoms with Crippen molar-refractivity contribution in [1.82, 2.24) is 9.62 Å². The number of carbonyl (C=O) groups is 1. The molecule has 1 aliphatic rings. The molecule has 1 unspecified atom stereocenters. The highest BCUT2D eigenvalue weighted by Crippen LogP contribution is 2.19. The minimum absolute atomic E-state index is 0.00310. The lowest BCUT2D eigenvalue weighted by atomic mass is 9.98. The summed E-state index contributed by atoms with van der Waals surface area (Å²) in [7, 11) is -3.17. The van der Waals surface area contributed by atoms with Gasteiger partial charge in [0.1, 0.15) is 0 Å². The van der Waals surface area contributed by atoms with Gasteiger partial charge in [0.25, 0.3) is 0 Å². The summed E-state index contributed by atoms with van der Waals surface area (Å²) in [6.45, 7) is 7.43. The molecule has 1 atom stereocenters. The van der Waals surface area contributed by atoms with Crippen molar-refractivity contribution >= 4 is 15.9 Å². The molecule has 1 saturated heterocycles. The van der Waals surface area contributed by atoms with Gasteiger partial charge in [-0.05, 0) is 32.1 Å². The molecule has 0 radical (unpaired) electrons. The van der Waals surface area contributed by atoms with Crippen molar-refractivity contribution in [2.75, 3.05) is 25.4 Å². The first-order valence-electron chi connectivity index (χ1n) is 7.12. The van der Waals surface area contributed by atoms with E-state index in [-0.39, 0.29) is 17.6 Å². The molecule has 112 valence electrons. The zero-order valence-corrected chi connectivity index (χ0v) is 13.0. The van der Waals surface area contributed by atoms with Crippen molar-refractivity contribution in [2.45, 2.75) is 40.0 Å². The van der Waals surface area contributed by atoms with Gasteiger partial charge < -0.3 is 5.32 Å². The van der Waals surface area contributed by atoms with Crippen molar-refractivity contribution in [3.8, 4) is 0 Å². The van der Waals surface area contributed by atoms with E-state index in [2.05, 4.69) is 19.2 Å². The lowest BCUT2D eigenvalue weighted by Crippen LogP contribution is -2.46. The molecule has 0 aliphatic carbocycles. The van der Waals surface area contributed by atoms with Crippen LogP contribution in [0.3, 0.4) is 0 Å². The fraction of sp³-hybridized carbons (Fsp3) is 0.923. The predicted octanol–water partition coefficient (Wildman–Crippen LogP) is 1.21. The van der Waals surface area contributed by atoms with Crippen LogP contribution in [0.2, 0.25) is 0 Å². The van der Waals surface area contributed by atoms with Crippen LogP contribution in [0.15, 0.2) is 0 Å². The average molecular weight is 290 g/mol. The van der Waals surface area contributed by atoms with E-state index in [4.69, 9.17) is 0 Å². The molecule has 0 saturated carbocycles. The van der Waals surface area contributed by atoms with Crippen LogP contribution in [0.25, 0.3) is 0 Å². The van der Waals surface area contributed by atoms with Crippen LogP contribution in [0.4, 0.5) is 0 Å². The van der Waals surface area contributed by atoms with E-state index >= 15 is 0 Å². The number of hydrogen-bond acceptors (Lipinski definition) is 3. The van der Waals surface area contributed by atoms with E-state index < -0.39 is 10.0 Å². The summed E-state index contributed by atoms with van der Waals surface area (Å²) in [5.41, 5.74) is 0. The van der Waals surface area contributed by atoms with Crippen molar-refractivity contribution in [1.29, 1.82) is 0 Å². The molecule has 0 bridgehead atoms. The van der Waals surface area contributed by atoms with Gasteiger partial charge in [-0.25, -0.2) is 12.7 Å². The van der Waals surface area contributed by atoms with Crippen molar-refractivity contribution < 1.29 is 13.2 Å². The second-order valence-electron chi connectivity index (χ2n) is 5.57. The third-order valence-corrected chi connectivity index (χ3v) is 5.38. The van der Waals surface area contributed by atoms with Gasteiger partial charge in [-0.1, -0.05) is 13.8 Å². The maximum Gasteiger partial charge on any atom is 0.224 e. The molecule has 1 rings (SSSR count). The molecule has 1 aliphatic heterocycles. The predicted molar refractivity (Wildman–Crippen MR) is 76.2 cm³/mol. The molecule has 1 fully saturated rings. The van der Waals surface area contributed by atoms with Gasteiger partial charge in [0.05, 0.1) is 11.7 Å². The second kappa shape index (κ2) is 7.24. The molecular weight excluding hydrogens is 264 g/mol. The van der Waals surface area contributed by atoms with Crippen LogP contribution in [-0.4, -0.2) is 44.0 Å². The fourth-order valence-corrected chi connectivity index (χ4v) is 3.40. The summed E-state index contributed by atoms with van der Waals surface area (Å²) in [6.07, 6.45) is 2.50. The number of piperidine rings is 1. The van der Waals surface area contributed by atoms with Crippen LogP contribution < -0.4 is 5.32 Å². The summed E-state index contributed by atoms with van der Waals surface area (Å²) >= 11 is 0.